The molecule has 0 radical (unpaired) electrons. The number of hydrogen-bond donors (Lipinski definition) is 3. The van der Waals surface area contributed by atoms with Gasteiger partial charge in [-0.15, -0.1) is 0 Å². The highest BCUT2D eigenvalue weighted by atomic mass is 32.2. The first-order chi connectivity index (χ1) is 13.9. The molecule has 1 aromatic carbocycles. The van der Waals surface area contributed by atoms with Crippen LogP contribution in [0.4, 0.5) is 27.7 Å². The molecule has 150 valence electrons. The maximum atomic E-state index is 13.5. The lowest BCUT2D eigenvalue weighted by Crippen LogP contribution is -2.13. The third-order valence-corrected chi connectivity index (χ3v) is 3.70. The molecule has 4 N–H and O–H groups in total. The van der Waals surface area contributed by atoms with E-state index in [1.807, 2.05) is 30.3 Å². The molecule has 0 aliphatic heterocycles. The number of aromatic amines is 1. The molecule has 0 saturated carbocycles. The first-order valence-electron chi connectivity index (χ1n) is 8.16. The van der Waals surface area contributed by atoms with Gasteiger partial charge in [-0.25, -0.2) is 14.4 Å². The van der Waals surface area contributed by atoms with Crippen molar-refractivity contribution in [3.63, 3.8) is 0 Å². The number of nitrogens with zero attached hydrogens (tertiary/aromatic N) is 5. The van der Waals surface area contributed by atoms with Crippen molar-refractivity contribution in [3.05, 3.63) is 60.7 Å². The van der Waals surface area contributed by atoms with Crippen LogP contribution in [0, 0.1) is 5.82 Å². The Morgan fingerprint density at radius 2 is 1.97 bits per heavy atom. The monoisotopic (exact) mass is 415 g/mol. The highest BCUT2D eigenvalue weighted by Crippen LogP contribution is 2.27. The summed E-state index contributed by atoms with van der Waals surface area (Å²) in [6.45, 7) is 0. The number of nitrogens with one attached hydrogen (secondary N) is 2. The van der Waals surface area contributed by atoms with E-state index in [-0.39, 0.29) is 0 Å². The number of pyridine rings is 1. The van der Waals surface area contributed by atoms with Crippen LogP contribution in [0.25, 0.3) is 11.0 Å². The Bertz CT molecular complexity index is 1120. The predicted molar refractivity (Wildman–Crippen MR) is 107 cm³/mol. The number of rotatable bonds is 4. The Morgan fingerprint density at radius 3 is 2.69 bits per heavy atom. The summed E-state index contributed by atoms with van der Waals surface area (Å²) in [5.41, 5.74) is 1.40. The Hall–Kier alpha value is -3.48. The summed E-state index contributed by atoms with van der Waals surface area (Å²) in [4.78, 5) is 14.4. The third kappa shape index (κ3) is 5.28. The minimum absolute atomic E-state index is 0.419. The van der Waals surface area contributed by atoms with Crippen LogP contribution in [0.5, 0.6) is 0 Å². The highest BCUT2D eigenvalue weighted by molar-refractivity contribution is 7.76. The minimum Gasteiger partial charge on any atom is -0.760 e. The van der Waals surface area contributed by atoms with Crippen molar-refractivity contribution in [1.29, 1.82) is 0 Å². The molecule has 4 rings (SSSR count). The Morgan fingerprint density at radius 1 is 1.24 bits per heavy atom. The van der Waals surface area contributed by atoms with E-state index in [2.05, 4.69) is 35.6 Å². The summed E-state index contributed by atoms with van der Waals surface area (Å²) in [6, 6.07) is 12.8. The second-order valence-corrected chi connectivity index (χ2v) is 6.17. The van der Waals surface area contributed by atoms with E-state index in [0.29, 0.717) is 28.6 Å². The molecule has 3 heterocycles. The summed E-state index contributed by atoms with van der Waals surface area (Å²) in [5.74, 6) is 1.19. The molecule has 4 aromatic rings. The van der Waals surface area contributed by atoms with Crippen LogP contribution in [-0.2, 0) is 11.3 Å². The van der Waals surface area contributed by atoms with Gasteiger partial charge in [0, 0.05) is 30.2 Å². The molecule has 10 nitrogen and oxygen atoms in total. The number of nitrogens with two attached hydrogens (primary N) is 1. The molecule has 12 heteroatoms. The average molecular weight is 415 g/mol. The second-order valence-electron chi connectivity index (χ2n) is 5.65. The number of aromatic nitrogens is 5. The fourth-order valence-corrected chi connectivity index (χ4v) is 2.48. The zero-order valence-electron chi connectivity index (χ0n) is 15.1. The van der Waals surface area contributed by atoms with E-state index in [1.54, 1.807) is 24.2 Å². The lowest BCUT2D eigenvalue weighted by Gasteiger charge is -2.16. The third-order valence-electron chi connectivity index (χ3n) is 3.70. The van der Waals surface area contributed by atoms with Crippen LogP contribution in [0.2, 0.25) is 0 Å². The molecule has 0 aliphatic carbocycles. The normalized spacial score (nSPS) is 11.4. The molecule has 0 saturated heterocycles. The first-order valence-corrected chi connectivity index (χ1v) is 9.30. The molecule has 1 unspecified atom stereocenters. The molecule has 0 spiro atoms. The van der Waals surface area contributed by atoms with Crippen LogP contribution in [0.15, 0.2) is 54.9 Å². The van der Waals surface area contributed by atoms with Crippen molar-refractivity contribution < 1.29 is 13.2 Å². The van der Waals surface area contributed by atoms with Gasteiger partial charge in [-0.05, 0) is 24.3 Å². The van der Waals surface area contributed by atoms with E-state index >= 15 is 0 Å². The van der Waals surface area contributed by atoms with Gasteiger partial charge in [0.25, 0.3) is 0 Å². The molecule has 29 heavy (non-hydrogen) atoms. The van der Waals surface area contributed by atoms with Crippen molar-refractivity contribution in [2.75, 3.05) is 17.3 Å². The van der Waals surface area contributed by atoms with E-state index in [9.17, 15) is 4.39 Å². The van der Waals surface area contributed by atoms with Gasteiger partial charge in [0.05, 0.1) is 11.6 Å². The fraction of sp³-hybridized carbons (Fsp3) is 0.0588. The van der Waals surface area contributed by atoms with Crippen LogP contribution in [0.3, 0.4) is 0 Å². The zero-order valence-corrected chi connectivity index (χ0v) is 15.9. The highest BCUT2D eigenvalue weighted by Gasteiger charge is 2.15. The average Bonchev–Trinajstić information content (AvgIpc) is 3.11. The van der Waals surface area contributed by atoms with E-state index in [0.717, 1.165) is 11.9 Å². The first kappa shape index (κ1) is 20.3. The largest absolute Gasteiger partial charge is 0.760 e. The van der Waals surface area contributed by atoms with Gasteiger partial charge in [-0.2, -0.15) is 10.1 Å². The molecular formula is C17H16FN8O2S-. The molecule has 3 aromatic heterocycles. The van der Waals surface area contributed by atoms with Crippen molar-refractivity contribution in [1.82, 2.24) is 25.1 Å². The number of anilines is 4. The number of benzene rings is 1. The second kappa shape index (κ2) is 9.14. The van der Waals surface area contributed by atoms with Gasteiger partial charge in [0.1, 0.15) is 11.6 Å². The van der Waals surface area contributed by atoms with Crippen LogP contribution in [-0.4, -0.2) is 41.0 Å². The molecule has 0 fully saturated rings. The number of hydrogen-bond acceptors (Lipinski definition) is 8. The number of para-hydroxylation sites is 1. The van der Waals surface area contributed by atoms with Gasteiger partial charge in [0.15, 0.2) is 11.5 Å². The zero-order chi connectivity index (χ0) is 20.8. The van der Waals surface area contributed by atoms with E-state index in [4.69, 9.17) is 8.76 Å². The number of fused-ring (bicyclic) bond motifs is 1. The van der Waals surface area contributed by atoms with Crippen molar-refractivity contribution in [2.45, 2.75) is 0 Å². The maximum Gasteiger partial charge on any atom is 0.229 e. The van der Waals surface area contributed by atoms with Gasteiger partial charge < -0.3 is 14.8 Å². The van der Waals surface area contributed by atoms with Gasteiger partial charge in [0.2, 0.25) is 5.95 Å². The summed E-state index contributed by atoms with van der Waals surface area (Å²) < 4.78 is 31.1. The van der Waals surface area contributed by atoms with Gasteiger partial charge in [-0.3, -0.25) is 14.4 Å². The topological polar surface area (TPSA) is 149 Å². The fourth-order valence-electron chi connectivity index (χ4n) is 2.48. The standard InChI is InChI=1S/C17H14FN7.H3NO2S/c1-25(16-13-9-11(18)10-20-15(13)23-24-16)14-7-8-19-17(22-14)21-12-5-3-2-4-6-12;1-4(2)3/h2-10H,1H3,(H,19,21,22)(H,20,23,24);1H2,(H,2,3)/p-1. The quantitative estimate of drug-likeness (QED) is 0.429. The maximum absolute atomic E-state index is 13.5. The Kier molecular flexibility index (Phi) is 6.39. The van der Waals surface area contributed by atoms with Crippen LogP contribution < -0.4 is 15.4 Å². The van der Waals surface area contributed by atoms with Gasteiger partial charge in [-0.1, -0.05) is 18.2 Å². The van der Waals surface area contributed by atoms with E-state index in [1.165, 1.54) is 6.07 Å². The summed E-state index contributed by atoms with van der Waals surface area (Å²) in [6.07, 6.45) is 2.80. The molecular weight excluding hydrogens is 399 g/mol. The minimum atomic E-state index is -2.36. The van der Waals surface area contributed by atoms with Gasteiger partial charge >= 0.3 is 0 Å². The summed E-state index contributed by atoms with van der Waals surface area (Å²) in [7, 11) is 1.80. The molecule has 0 bridgehead atoms. The number of H-pyrrole nitrogens is 1. The van der Waals surface area contributed by atoms with Crippen molar-refractivity contribution >= 4 is 45.6 Å². The molecule has 1 atom stereocenters. The van der Waals surface area contributed by atoms with Crippen molar-refractivity contribution in [3.8, 4) is 0 Å². The van der Waals surface area contributed by atoms with Crippen LogP contribution >= 0.6 is 0 Å². The summed E-state index contributed by atoms with van der Waals surface area (Å²) in [5, 5.41) is 14.8. The molecule has 0 aliphatic rings. The van der Waals surface area contributed by atoms with Crippen LogP contribution in [0.1, 0.15) is 0 Å². The smallest absolute Gasteiger partial charge is 0.229 e. The number of halogens is 1. The Labute approximate surface area is 167 Å². The predicted octanol–water partition coefficient (Wildman–Crippen LogP) is 2.14. The lowest BCUT2D eigenvalue weighted by molar-refractivity contribution is 0.538. The molecule has 0 amide bonds. The SMILES string of the molecule is CN(c1ccnc(Nc2ccccc2)n1)c1n[nH]c2ncc(F)cc12.NS(=O)[O-]. The lowest BCUT2D eigenvalue weighted by atomic mass is 10.3. The van der Waals surface area contributed by atoms with Crippen molar-refractivity contribution in [2.24, 2.45) is 5.14 Å². The summed E-state index contributed by atoms with van der Waals surface area (Å²) >= 11 is -2.36. The Balaban J connectivity index is 0.000000552. The van der Waals surface area contributed by atoms with E-state index < -0.39 is 17.1 Å².